The third kappa shape index (κ3) is 4.46. The molecule has 2 aromatic heterocycles. The highest BCUT2D eigenvalue weighted by atomic mass is 32.1. The molecule has 2 N–H and O–H groups in total. The van der Waals surface area contributed by atoms with Crippen LogP contribution in [0.5, 0.6) is 0 Å². The van der Waals surface area contributed by atoms with Gasteiger partial charge in [0.25, 0.3) is 0 Å². The van der Waals surface area contributed by atoms with Crippen molar-refractivity contribution in [3.63, 3.8) is 0 Å². The molecule has 1 atom stereocenters. The summed E-state index contributed by atoms with van der Waals surface area (Å²) in [5, 5.41) is 9.14. The minimum Gasteiger partial charge on any atom is -0.383 e. The highest BCUT2D eigenvalue weighted by Gasteiger charge is 2.31. The fourth-order valence-electron chi connectivity index (χ4n) is 2.98. The number of fused-ring (bicyclic) bond motifs is 1. The lowest BCUT2D eigenvalue weighted by molar-refractivity contribution is -0.121. The van der Waals surface area contributed by atoms with E-state index < -0.39 is 6.03 Å². The van der Waals surface area contributed by atoms with Gasteiger partial charge in [-0.3, -0.25) is 15.0 Å². The van der Waals surface area contributed by atoms with E-state index in [2.05, 4.69) is 38.4 Å². The average molecular weight is 380 g/mol. The van der Waals surface area contributed by atoms with Gasteiger partial charge in [0.15, 0.2) is 0 Å². The highest BCUT2D eigenvalue weighted by molar-refractivity contribution is 7.10. The third-order valence-corrected chi connectivity index (χ3v) is 5.99. The quantitative estimate of drug-likeness (QED) is 0.755. The van der Waals surface area contributed by atoms with Crippen LogP contribution in [-0.2, 0) is 16.0 Å². The molecule has 0 aliphatic carbocycles. The molecule has 8 heteroatoms. The van der Waals surface area contributed by atoms with E-state index in [9.17, 15) is 9.59 Å². The molecule has 0 aromatic carbocycles. The van der Waals surface area contributed by atoms with Crippen LogP contribution >= 0.6 is 22.7 Å². The van der Waals surface area contributed by atoms with Crippen molar-refractivity contribution < 1.29 is 14.3 Å². The lowest BCUT2D eigenvalue weighted by Crippen LogP contribution is -2.47. The fourth-order valence-corrected chi connectivity index (χ4v) is 4.76. The predicted molar refractivity (Wildman–Crippen MR) is 99.2 cm³/mol. The Kier molecular flexibility index (Phi) is 6.19. The summed E-state index contributed by atoms with van der Waals surface area (Å²) in [5.74, 6) is -0.296. The summed E-state index contributed by atoms with van der Waals surface area (Å²) in [6.45, 7) is 1.77. The van der Waals surface area contributed by atoms with Crippen LogP contribution in [0.25, 0.3) is 0 Å². The van der Waals surface area contributed by atoms with E-state index in [1.807, 2.05) is 6.07 Å². The van der Waals surface area contributed by atoms with E-state index in [0.29, 0.717) is 13.2 Å². The monoisotopic (exact) mass is 379 g/mol. The molecule has 3 rings (SSSR count). The van der Waals surface area contributed by atoms with E-state index >= 15 is 0 Å². The number of ether oxygens (including phenoxy) is 1. The van der Waals surface area contributed by atoms with Gasteiger partial charge in [-0.05, 0) is 34.9 Å². The molecule has 0 bridgehead atoms. The maximum Gasteiger partial charge on any atom is 0.321 e. The molecule has 0 fully saturated rings. The topological polar surface area (TPSA) is 70.7 Å². The number of hydrogen-bond acceptors (Lipinski definition) is 6. The second-order valence-corrected chi connectivity index (χ2v) is 7.71. The van der Waals surface area contributed by atoms with E-state index in [4.69, 9.17) is 4.74 Å². The molecule has 0 saturated carbocycles. The molecule has 1 aliphatic rings. The summed E-state index contributed by atoms with van der Waals surface area (Å²) >= 11 is 3.46. The standard InChI is InChI=1S/C17H21N3O3S2/c1-23-8-6-18-17(22)19-15(21)11-20-7-4-13-12(5-10-25-13)16(20)14-3-2-9-24-14/h2-3,5,9-10,16H,4,6-8,11H2,1H3,(H2,18,19,21,22)/t16-/m1/s1. The first-order valence-corrected chi connectivity index (χ1v) is 9.85. The van der Waals surface area contributed by atoms with E-state index in [1.54, 1.807) is 29.8 Å². The second-order valence-electron chi connectivity index (χ2n) is 5.73. The van der Waals surface area contributed by atoms with Crippen LogP contribution in [0, 0.1) is 0 Å². The number of thiophene rings is 2. The maximum atomic E-state index is 12.3. The number of methoxy groups -OCH3 is 1. The molecule has 1 aliphatic heterocycles. The zero-order chi connectivity index (χ0) is 17.6. The Morgan fingerprint density at radius 2 is 2.20 bits per heavy atom. The van der Waals surface area contributed by atoms with E-state index in [1.165, 1.54) is 15.3 Å². The Morgan fingerprint density at radius 1 is 1.32 bits per heavy atom. The molecular formula is C17H21N3O3S2. The Hall–Kier alpha value is -1.74. The Morgan fingerprint density at radius 3 is 2.96 bits per heavy atom. The van der Waals surface area contributed by atoms with Gasteiger partial charge in [-0.25, -0.2) is 4.79 Å². The molecule has 0 radical (unpaired) electrons. The summed E-state index contributed by atoms with van der Waals surface area (Å²) < 4.78 is 4.87. The number of hydrogen-bond donors (Lipinski definition) is 2. The first-order valence-electron chi connectivity index (χ1n) is 8.09. The van der Waals surface area contributed by atoms with Crippen molar-refractivity contribution in [3.05, 3.63) is 44.3 Å². The molecule has 3 heterocycles. The second kappa shape index (κ2) is 8.57. The Labute approximate surface area is 154 Å². The molecule has 3 amide bonds. The van der Waals surface area contributed by atoms with Gasteiger partial charge in [-0.2, -0.15) is 0 Å². The van der Waals surface area contributed by atoms with Gasteiger partial charge in [0.05, 0.1) is 19.2 Å². The van der Waals surface area contributed by atoms with Crippen molar-refractivity contribution in [2.24, 2.45) is 0 Å². The summed E-state index contributed by atoms with van der Waals surface area (Å²) in [7, 11) is 1.56. The maximum absolute atomic E-state index is 12.3. The SMILES string of the molecule is COCCNC(=O)NC(=O)CN1CCc2sccc2[C@@H]1c1cccs1. The van der Waals surface area contributed by atoms with Crippen LogP contribution in [0.3, 0.4) is 0 Å². The molecule has 0 spiro atoms. The largest absolute Gasteiger partial charge is 0.383 e. The van der Waals surface area contributed by atoms with Gasteiger partial charge < -0.3 is 10.1 Å². The third-order valence-electron chi connectivity index (χ3n) is 4.07. The van der Waals surface area contributed by atoms with Gasteiger partial charge in [-0.15, -0.1) is 22.7 Å². The summed E-state index contributed by atoms with van der Waals surface area (Å²) in [4.78, 5) is 28.7. The van der Waals surface area contributed by atoms with Crippen LogP contribution in [0.15, 0.2) is 29.0 Å². The van der Waals surface area contributed by atoms with Gasteiger partial charge in [0, 0.05) is 30.0 Å². The smallest absolute Gasteiger partial charge is 0.321 e. The number of carbonyl (C=O) groups excluding carboxylic acids is 2. The van der Waals surface area contributed by atoms with Gasteiger partial charge in [0.1, 0.15) is 0 Å². The molecular weight excluding hydrogens is 358 g/mol. The lowest BCUT2D eigenvalue weighted by atomic mass is 9.98. The summed E-state index contributed by atoms with van der Waals surface area (Å²) in [6.07, 6.45) is 0.933. The van der Waals surface area contributed by atoms with Gasteiger partial charge in [0.2, 0.25) is 5.91 Å². The number of carbonyl (C=O) groups is 2. The minimum atomic E-state index is -0.483. The van der Waals surface area contributed by atoms with Crippen molar-refractivity contribution >= 4 is 34.6 Å². The van der Waals surface area contributed by atoms with Crippen LogP contribution in [0.4, 0.5) is 4.79 Å². The van der Waals surface area contributed by atoms with Crippen molar-refractivity contribution in [2.45, 2.75) is 12.5 Å². The summed E-state index contributed by atoms with van der Waals surface area (Å²) in [6, 6.07) is 5.87. The number of imide groups is 1. The van der Waals surface area contributed by atoms with Crippen molar-refractivity contribution in [1.29, 1.82) is 0 Å². The number of rotatable bonds is 6. The van der Waals surface area contributed by atoms with Crippen LogP contribution in [0.2, 0.25) is 0 Å². The van der Waals surface area contributed by atoms with Crippen molar-refractivity contribution in [2.75, 3.05) is 33.4 Å². The molecule has 2 aromatic rings. The normalized spacial score (nSPS) is 17.1. The molecule has 134 valence electrons. The molecule has 0 saturated heterocycles. The number of nitrogens with zero attached hydrogens (tertiary/aromatic N) is 1. The van der Waals surface area contributed by atoms with Crippen LogP contribution in [-0.4, -0.2) is 50.2 Å². The zero-order valence-electron chi connectivity index (χ0n) is 14.0. The predicted octanol–water partition coefficient (Wildman–Crippen LogP) is 2.23. The fraction of sp³-hybridized carbons (Fsp3) is 0.412. The van der Waals surface area contributed by atoms with E-state index in [-0.39, 0.29) is 18.5 Å². The number of nitrogens with one attached hydrogen (secondary N) is 2. The summed E-state index contributed by atoms with van der Waals surface area (Å²) in [5.41, 5.74) is 1.27. The first-order chi connectivity index (χ1) is 12.2. The molecule has 25 heavy (non-hydrogen) atoms. The van der Waals surface area contributed by atoms with E-state index in [0.717, 1.165) is 13.0 Å². The first kappa shape index (κ1) is 18.1. The molecule has 0 unspecified atom stereocenters. The van der Waals surface area contributed by atoms with Crippen molar-refractivity contribution in [1.82, 2.24) is 15.5 Å². The average Bonchev–Trinajstić information content (AvgIpc) is 3.26. The van der Waals surface area contributed by atoms with Crippen molar-refractivity contribution in [3.8, 4) is 0 Å². The van der Waals surface area contributed by atoms with Crippen LogP contribution < -0.4 is 10.6 Å². The Bertz CT molecular complexity index is 715. The minimum absolute atomic E-state index is 0.0808. The lowest BCUT2D eigenvalue weighted by Gasteiger charge is -2.34. The number of amides is 3. The highest BCUT2D eigenvalue weighted by Crippen LogP contribution is 2.39. The van der Waals surface area contributed by atoms with Crippen LogP contribution in [0.1, 0.15) is 21.4 Å². The van der Waals surface area contributed by atoms with Gasteiger partial charge in [-0.1, -0.05) is 6.07 Å². The van der Waals surface area contributed by atoms with Gasteiger partial charge >= 0.3 is 6.03 Å². The Balaban J connectivity index is 1.65. The zero-order valence-corrected chi connectivity index (χ0v) is 15.6. The molecule has 6 nitrogen and oxygen atoms in total. The number of urea groups is 1.